The van der Waals surface area contributed by atoms with E-state index in [1.54, 1.807) is 18.4 Å². The summed E-state index contributed by atoms with van der Waals surface area (Å²) in [4.78, 5) is 4.58. The summed E-state index contributed by atoms with van der Waals surface area (Å²) in [7, 11) is 1.66. The number of thiazole rings is 1. The Morgan fingerprint density at radius 2 is 1.86 bits per heavy atom. The highest BCUT2D eigenvalue weighted by Crippen LogP contribution is 2.30. The number of halogens is 1. The van der Waals surface area contributed by atoms with Crippen LogP contribution in [0, 0.1) is 0 Å². The number of benzene rings is 2. The van der Waals surface area contributed by atoms with Gasteiger partial charge in [0.15, 0.2) is 5.13 Å². The van der Waals surface area contributed by atoms with Crippen LogP contribution in [0.3, 0.4) is 0 Å². The lowest BCUT2D eigenvalue weighted by atomic mass is 10.2. The Morgan fingerprint density at radius 1 is 1.10 bits per heavy atom. The topological polar surface area (TPSA) is 34.1 Å². The quantitative estimate of drug-likeness (QED) is 0.717. The van der Waals surface area contributed by atoms with E-state index in [4.69, 9.17) is 16.3 Å². The van der Waals surface area contributed by atoms with Gasteiger partial charge in [-0.1, -0.05) is 23.7 Å². The first-order valence-corrected chi connectivity index (χ1v) is 7.63. The monoisotopic (exact) mass is 316 g/mol. The van der Waals surface area contributed by atoms with Crippen molar-refractivity contribution in [2.75, 3.05) is 12.4 Å². The summed E-state index contributed by atoms with van der Waals surface area (Å²) in [6.07, 6.45) is 0. The summed E-state index contributed by atoms with van der Waals surface area (Å²) in [6, 6.07) is 15.5. The Bertz CT molecular complexity index is 740. The first-order valence-electron chi connectivity index (χ1n) is 6.38. The second-order valence-corrected chi connectivity index (χ2v) is 5.64. The molecule has 0 radical (unpaired) electrons. The van der Waals surface area contributed by atoms with Crippen LogP contribution in [0.25, 0.3) is 11.3 Å². The molecule has 0 atom stereocenters. The minimum Gasteiger partial charge on any atom is -0.497 e. The second kappa shape index (κ2) is 6.16. The summed E-state index contributed by atoms with van der Waals surface area (Å²) >= 11 is 7.68. The zero-order valence-corrected chi connectivity index (χ0v) is 12.9. The zero-order valence-electron chi connectivity index (χ0n) is 11.3. The van der Waals surface area contributed by atoms with Crippen molar-refractivity contribution in [2.24, 2.45) is 0 Å². The number of rotatable bonds is 4. The van der Waals surface area contributed by atoms with Gasteiger partial charge in [0.05, 0.1) is 23.5 Å². The van der Waals surface area contributed by atoms with Crippen molar-refractivity contribution in [2.45, 2.75) is 0 Å². The van der Waals surface area contributed by atoms with Crippen LogP contribution in [-0.2, 0) is 0 Å². The number of nitrogens with zero attached hydrogens (tertiary/aromatic N) is 1. The average Bonchev–Trinajstić information content (AvgIpc) is 2.98. The van der Waals surface area contributed by atoms with Crippen molar-refractivity contribution < 1.29 is 4.74 Å². The average molecular weight is 317 g/mol. The van der Waals surface area contributed by atoms with Gasteiger partial charge >= 0.3 is 0 Å². The van der Waals surface area contributed by atoms with Crippen LogP contribution in [0.2, 0.25) is 5.02 Å². The fourth-order valence-electron chi connectivity index (χ4n) is 1.90. The normalized spacial score (nSPS) is 10.4. The molecule has 5 heteroatoms. The molecule has 0 saturated carbocycles. The smallest absolute Gasteiger partial charge is 0.187 e. The molecule has 1 heterocycles. The third-order valence-electron chi connectivity index (χ3n) is 3.01. The molecule has 0 unspecified atom stereocenters. The van der Waals surface area contributed by atoms with E-state index >= 15 is 0 Å². The van der Waals surface area contributed by atoms with Crippen molar-refractivity contribution in [3.05, 3.63) is 58.9 Å². The standard InChI is InChI=1S/C16H13ClN2OS/c1-20-12-8-6-11(7-9-12)15-10-21-16(19-15)18-14-5-3-2-4-13(14)17/h2-10H,1H3,(H,18,19). The Labute approximate surface area is 132 Å². The molecular formula is C16H13ClN2OS. The number of ether oxygens (including phenoxy) is 1. The summed E-state index contributed by atoms with van der Waals surface area (Å²) in [5.41, 5.74) is 2.84. The van der Waals surface area contributed by atoms with Crippen LogP contribution in [0.1, 0.15) is 0 Å². The lowest BCUT2D eigenvalue weighted by molar-refractivity contribution is 0.415. The Kier molecular flexibility index (Phi) is 4.08. The third kappa shape index (κ3) is 3.17. The van der Waals surface area contributed by atoms with E-state index < -0.39 is 0 Å². The largest absolute Gasteiger partial charge is 0.497 e. The van der Waals surface area contributed by atoms with Gasteiger partial charge in [0.2, 0.25) is 0 Å². The zero-order chi connectivity index (χ0) is 14.7. The molecule has 3 rings (SSSR count). The first-order chi connectivity index (χ1) is 10.3. The number of methoxy groups -OCH3 is 1. The molecule has 0 saturated heterocycles. The van der Waals surface area contributed by atoms with Crippen LogP contribution in [0.15, 0.2) is 53.9 Å². The highest BCUT2D eigenvalue weighted by atomic mass is 35.5. The number of hydrogen-bond acceptors (Lipinski definition) is 4. The summed E-state index contributed by atoms with van der Waals surface area (Å²) in [5.74, 6) is 0.836. The van der Waals surface area contributed by atoms with Gasteiger partial charge in [-0.25, -0.2) is 4.98 Å². The van der Waals surface area contributed by atoms with E-state index in [2.05, 4.69) is 10.3 Å². The number of hydrogen-bond donors (Lipinski definition) is 1. The van der Waals surface area contributed by atoms with Gasteiger partial charge in [0.1, 0.15) is 5.75 Å². The van der Waals surface area contributed by atoms with Gasteiger partial charge in [-0.05, 0) is 36.4 Å². The predicted octanol–water partition coefficient (Wildman–Crippen LogP) is 5.22. The van der Waals surface area contributed by atoms with Crippen molar-refractivity contribution >= 4 is 33.8 Å². The molecule has 3 aromatic rings. The van der Waals surface area contributed by atoms with Crippen molar-refractivity contribution in [3.8, 4) is 17.0 Å². The molecular weight excluding hydrogens is 304 g/mol. The Hall–Kier alpha value is -2.04. The van der Waals surface area contributed by atoms with Crippen LogP contribution in [-0.4, -0.2) is 12.1 Å². The molecule has 0 aliphatic carbocycles. The molecule has 0 fully saturated rings. The van der Waals surface area contributed by atoms with Gasteiger partial charge in [0, 0.05) is 10.9 Å². The van der Waals surface area contributed by atoms with E-state index in [1.807, 2.05) is 53.9 Å². The highest BCUT2D eigenvalue weighted by molar-refractivity contribution is 7.14. The summed E-state index contributed by atoms with van der Waals surface area (Å²) in [6.45, 7) is 0. The first kappa shape index (κ1) is 13.9. The number of aromatic nitrogens is 1. The van der Waals surface area contributed by atoms with Crippen LogP contribution < -0.4 is 10.1 Å². The maximum atomic E-state index is 6.13. The highest BCUT2D eigenvalue weighted by Gasteiger charge is 2.06. The minimum absolute atomic E-state index is 0.679. The van der Waals surface area contributed by atoms with Crippen LogP contribution in [0.4, 0.5) is 10.8 Å². The van der Waals surface area contributed by atoms with Gasteiger partial charge in [0.25, 0.3) is 0 Å². The predicted molar refractivity (Wildman–Crippen MR) is 88.8 cm³/mol. The molecule has 3 nitrogen and oxygen atoms in total. The van der Waals surface area contributed by atoms with E-state index in [-0.39, 0.29) is 0 Å². The molecule has 0 amide bonds. The van der Waals surface area contributed by atoms with Crippen LogP contribution >= 0.6 is 22.9 Å². The lowest BCUT2D eigenvalue weighted by Gasteiger charge is -2.04. The number of para-hydroxylation sites is 1. The SMILES string of the molecule is COc1ccc(-c2csc(Nc3ccccc3Cl)n2)cc1. The van der Waals surface area contributed by atoms with E-state index in [9.17, 15) is 0 Å². The lowest BCUT2D eigenvalue weighted by Crippen LogP contribution is -1.90. The summed E-state index contributed by atoms with van der Waals surface area (Å²) < 4.78 is 5.16. The van der Waals surface area contributed by atoms with Crippen molar-refractivity contribution in [3.63, 3.8) is 0 Å². The number of nitrogens with one attached hydrogen (secondary N) is 1. The van der Waals surface area contributed by atoms with Gasteiger partial charge < -0.3 is 10.1 Å². The molecule has 21 heavy (non-hydrogen) atoms. The maximum Gasteiger partial charge on any atom is 0.187 e. The summed E-state index contributed by atoms with van der Waals surface area (Å²) in [5, 5.41) is 6.74. The third-order valence-corrected chi connectivity index (χ3v) is 4.09. The molecule has 2 aromatic carbocycles. The maximum absolute atomic E-state index is 6.13. The number of anilines is 2. The van der Waals surface area contributed by atoms with Gasteiger partial charge in [-0.15, -0.1) is 11.3 Å². The van der Waals surface area contributed by atoms with E-state index in [0.29, 0.717) is 5.02 Å². The molecule has 1 N–H and O–H groups in total. The second-order valence-electron chi connectivity index (χ2n) is 4.37. The Morgan fingerprint density at radius 3 is 2.57 bits per heavy atom. The van der Waals surface area contributed by atoms with Crippen molar-refractivity contribution in [1.29, 1.82) is 0 Å². The minimum atomic E-state index is 0.679. The molecule has 1 aromatic heterocycles. The fourth-order valence-corrected chi connectivity index (χ4v) is 2.82. The molecule has 0 bridgehead atoms. The van der Waals surface area contributed by atoms with Crippen LogP contribution in [0.5, 0.6) is 5.75 Å². The molecule has 0 aliphatic rings. The van der Waals surface area contributed by atoms with E-state index in [0.717, 1.165) is 27.8 Å². The fraction of sp³-hybridized carbons (Fsp3) is 0.0625. The van der Waals surface area contributed by atoms with Gasteiger partial charge in [-0.2, -0.15) is 0 Å². The van der Waals surface area contributed by atoms with Gasteiger partial charge in [-0.3, -0.25) is 0 Å². The molecule has 0 spiro atoms. The Balaban J connectivity index is 1.81. The van der Waals surface area contributed by atoms with E-state index in [1.165, 1.54) is 0 Å². The molecule has 0 aliphatic heterocycles. The van der Waals surface area contributed by atoms with Crippen molar-refractivity contribution in [1.82, 2.24) is 4.98 Å². The molecule has 106 valence electrons.